The number of benzene rings is 7. The van der Waals surface area contributed by atoms with E-state index in [0.717, 1.165) is 91.7 Å². The first kappa shape index (κ1) is 94.8. The molecule has 0 bridgehead atoms. The van der Waals surface area contributed by atoms with E-state index < -0.39 is 77.7 Å². The second-order valence-corrected chi connectivity index (χ2v) is 38.0. The summed E-state index contributed by atoms with van der Waals surface area (Å²) in [7, 11) is -6.09. The van der Waals surface area contributed by atoms with Crippen molar-refractivity contribution in [3.63, 3.8) is 0 Å². The van der Waals surface area contributed by atoms with Crippen LogP contribution in [-0.4, -0.2) is 129 Å². The minimum absolute atomic E-state index is 0.101. The largest absolute Gasteiger partial charge is 0.489 e. The van der Waals surface area contributed by atoms with Crippen molar-refractivity contribution in [2.45, 2.75) is 33.3 Å². The van der Waals surface area contributed by atoms with Crippen molar-refractivity contribution in [3.8, 4) is 84.4 Å². The summed E-state index contributed by atoms with van der Waals surface area (Å²) in [5.74, 6) is 1.49. The standard InChI is InChI=1S/C21H19N3O3S.2C18H13N3O3S.C16H13N3O2S.2C12H10N4O3S/c1-14-4-3-5-15(2)19(14)13-27-18-8-6-16(7-9-18)17-11-22-24(12-17)21-10-20(25)23-28(21)26;2*22-17-10-18(25(23)20-17)21-12-14(11-19-21)13-6-8-16(9-7-13)24-15-4-2-1-3-5-15;20-15-8-16(22(21)18-15)19-10-14(9-17-19)13-6-5-11-3-1-2-4-12(11)7-13;1-15-6-8(2-3-11(15)18)9-5-13-16(7-9)12-4-10(17)14-20(12)19;1-15-3-2-8(4-11(15)18)9-6-13-16(7-9)12-5-10(17)14-20(12)19/h3-12H,13H2,1-2H3,(H,23,25);2*1-12H,(H,20,22);1-4,7-10H,5-6H2,(H,18,20);2*2-7H,1H3,(H,14,17). The molecule has 0 spiro atoms. The Hall–Kier alpha value is -17.0. The van der Waals surface area contributed by atoms with Gasteiger partial charge in [0.1, 0.15) is 35.4 Å². The van der Waals surface area contributed by atoms with Gasteiger partial charge in [-0.05, 0) is 155 Å². The summed E-state index contributed by atoms with van der Waals surface area (Å²) in [5.41, 5.74) is 16.6. The van der Waals surface area contributed by atoms with Crippen molar-refractivity contribution in [1.29, 1.82) is 0 Å². The van der Waals surface area contributed by atoms with Gasteiger partial charge in [-0.15, -0.1) is 0 Å². The van der Waals surface area contributed by atoms with Gasteiger partial charge >= 0.3 is 0 Å². The highest BCUT2D eigenvalue weighted by atomic mass is 32.2. The van der Waals surface area contributed by atoms with Gasteiger partial charge in [0, 0.05) is 151 Å². The average Bonchev–Trinajstić information content (AvgIpc) is 1.70. The topological polar surface area (TPSA) is 456 Å². The number of aromatic nitrogens is 14. The lowest BCUT2D eigenvalue weighted by atomic mass is 9.90. The number of hydrogen-bond acceptors (Lipinski definition) is 23. The summed E-state index contributed by atoms with van der Waals surface area (Å²) in [5, 5.41) is 26.8. The molecule has 140 heavy (non-hydrogen) atoms. The number of carbonyl (C=O) groups is 6. The Kier molecular flexibility index (Phi) is 28.8. The quantitative estimate of drug-likeness (QED) is 0.0438. The average molecular weight is 1990 g/mol. The Labute approximate surface area is 811 Å². The highest BCUT2D eigenvalue weighted by molar-refractivity contribution is 7.95. The van der Waals surface area contributed by atoms with Gasteiger partial charge in [-0.2, -0.15) is 30.6 Å². The molecular formula is C97H78N20O17S6. The first-order valence-electron chi connectivity index (χ1n) is 42.2. The number of nitrogens with one attached hydrogen (secondary N) is 6. The molecule has 0 fully saturated rings. The third-order valence-corrected chi connectivity index (χ3v) is 27.9. The molecular weight excluding hydrogens is 1910 g/mol. The van der Waals surface area contributed by atoms with Crippen LogP contribution in [0.1, 0.15) is 39.8 Å². The van der Waals surface area contributed by atoms with Crippen LogP contribution in [0, 0.1) is 13.8 Å². The van der Waals surface area contributed by atoms with Gasteiger partial charge in [0.25, 0.3) is 41.0 Å². The number of amides is 6. The maximum absolute atomic E-state index is 11.8. The number of hydrogen-bond donors (Lipinski definition) is 6. The highest BCUT2D eigenvalue weighted by Gasteiger charge is 2.29. The number of fused-ring (bicyclic) bond motifs is 1. The molecule has 14 heterocycles. The van der Waals surface area contributed by atoms with Crippen molar-refractivity contribution < 1.29 is 68.2 Å². The van der Waals surface area contributed by atoms with E-state index in [9.17, 15) is 63.6 Å². The Balaban J connectivity index is 0.000000116. The van der Waals surface area contributed by atoms with E-state index in [1.165, 1.54) is 119 Å². The Bertz CT molecular complexity index is 7750. The van der Waals surface area contributed by atoms with Gasteiger partial charge in [0.05, 0.1) is 37.2 Å². The maximum atomic E-state index is 11.8. The Morgan fingerprint density at radius 3 is 0.971 bits per heavy atom. The van der Waals surface area contributed by atoms with Gasteiger partial charge in [0.15, 0.2) is 96.1 Å². The number of carbonyl (C=O) groups excluding carboxylic acids is 6. The monoisotopic (exact) mass is 1990 g/mol. The van der Waals surface area contributed by atoms with E-state index in [1.807, 2.05) is 152 Å². The molecule has 43 heteroatoms. The molecule has 0 radical (unpaired) electrons. The van der Waals surface area contributed by atoms with Crippen molar-refractivity contribution in [1.82, 2.24) is 96.1 Å². The van der Waals surface area contributed by atoms with Gasteiger partial charge in [-0.3, -0.25) is 66.7 Å². The predicted octanol–water partition coefficient (Wildman–Crippen LogP) is 10.8. The molecule has 6 amide bonds. The summed E-state index contributed by atoms with van der Waals surface area (Å²) >= 11 is 0. The normalized spacial score (nSPS) is 17.4. The van der Waals surface area contributed by atoms with E-state index >= 15 is 0 Å². The molecule has 7 aromatic carbocycles. The number of ether oxygens (including phenoxy) is 3. The molecule has 6 unspecified atom stereocenters. The SMILES string of the molecule is Cc1cccc(C)c1COc1ccc(-c2cnn(C3=CC(=O)NS3=O)c2)cc1.Cn1cc(-c2cnn(C3=CC(=O)NS3=O)c2)ccc1=O.Cn1ccc(-c2cnn(C3=CC(=O)NS3=O)c2)cc1=O.O=C1C=C(n2cc(-c3ccc(Oc4ccccc4)cc3)cn2)S(=O)N1.O=C1C=C(n2cc(-c3ccc(Oc4ccccc4)cc3)cn2)S(=O)N1.O=C1C=C(n2cc(C3=Cc4ccccc4CC3)cn2)S(=O)N1. The fourth-order valence-corrected chi connectivity index (χ4v) is 19.3. The minimum atomic E-state index is -1.60. The van der Waals surface area contributed by atoms with Crippen molar-refractivity contribution >= 4 is 143 Å². The van der Waals surface area contributed by atoms with Crippen molar-refractivity contribution in [3.05, 3.63) is 377 Å². The molecule has 6 atom stereocenters. The van der Waals surface area contributed by atoms with Crippen LogP contribution in [0.25, 0.3) is 97.5 Å². The zero-order valence-corrected chi connectivity index (χ0v) is 78.8. The summed E-state index contributed by atoms with van der Waals surface area (Å²) < 4.78 is 113. The van der Waals surface area contributed by atoms with E-state index in [-0.39, 0.29) is 44.8 Å². The number of rotatable bonds is 19. The zero-order valence-electron chi connectivity index (χ0n) is 73.9. The predicted molar refractivity (Wildman–Crippen MR) is 530 cm³/mol. The number of allylic oxidation sites excluding steroid dienone is 1. The van der Waals surface area contributed by atoms with E-state index in [0.29, 0.717) is 37.9 Å². The van der Waals surface area contributed by atoms with Crippen LogP contribution >= 0.6 is 0 Å². The van der Waals surface area contributed by atoms with Crippen LogP contribution in [0.4, 0.5) is 0 Å². The molecule has 7 aliphatic rings. The molecule has 0 saturated heterocycles. The van der Waals surface area contributed by atoms with Crippen LogP contribution in [0.2, 0.25) is 0 Å². The molecule has 0 saturated carbocycles. The van der Waals surface area contributed by atoms with Gasteiger partial charge < -0.3 is 23.3 Å². The lowest BCUT2D eigenvalue weighted by Crippen LogP contribution is -2.17. The summed E-state index contributed by atoms with van der Waals surface area (Å²) in [6, 6.07) is 63.0. The Morgan fingerprint density at radius 2 is 0.614 bits per heavy atom. The molecule has 22 rings (SSSR count). The number of nitrogens with zero attached hydrogens (tertiary/aromatic N) is 14. The van der Waals surface area contributed by atoms with Crippen LogP contribution in [-0.2, 0) is 122 Å². The third-order valence-electron chi connectivity index (χ3n) is 21.5. The van der Waals surface area contributed by atoms with E-state index in [2.05, 4.69) is 109 Å². The van der Waals surface area contributed by atoms with Crippen LogP contribution in [0.3, 0.4) is 0 Å². The molecule has 6 N–H and O–H groups in total. The van der Waals surface area contributed by atoms with E-state index in [1.54, 1.807) is 107 Å². The first-order valence-corrected chi connectivity index (χ1v) is 49.1. The third kappa shape index (κ3) is 22.9. The fraction of sp³-hybridized carbons (Fsp3) is 0.0722. The fourth-order valence-electron chi connectivity index (χ4n) is 14.3. The first-order chi connectivity index (χ1) is 67.7. The van der Waals surface area contributed by atoms with Crippen LogP contribution in [0.5, 0.6) is 28.7 Å². The minimum Gasteiger partial charge on any atom is -0.489 e. The lowest BCUT2D eigenvalue weighted by Gasteiger charge is -2.15. The summed E-state index contributed by atoms with van der Waals surface area (Å²) in [4.78, 5) is 90.3. The number of aryl methyl sites for hydroxylation is 5. The van der Waals surface area contributed by atoms with Crippen LogP contribution < -0.4 is 53.7 Å². The molecule has 8 aromatic heterocycles. The summed E-state index contributed by atoms with van der Waals surface area (Å²) in [6.45, 7) is 4.70. The summed E-state index contributed by atoms with van der Waals surface area (Å²) in [6.07, 6.45) is 35.3. The second kappa shape index (κ2) is 42.5. The molecule has 37 nitrogen and oxygen atoms in total. The molecule has 15 aromatic rings. The maximum Gasteiger partial charge on any atom is 0.258 e. The highest BCUT2D eigenvalue weighted by Crippen LogP contribution is 2.35. The van der Waals surface area contributed by atoms with Crippen molar-refractivity contribution in [2.75, 3.05) is 0 Å². The van der Waals surface area contributed by atoms with Gasteiger partial charge in [-0.25, -0.2) is 53.3 Å². The van der Waals surface area contributed by atoms with Gasteiger partial charge in [0.2, 0.25) is 5.56 Å². The zero-order chi connectivity index (χ0) is 97.8. The Morgan fingerprint density at radius 1 is 0.293 bits per heavy atom. The smallest absolute Gasteiger partial charge is 0.258 e. The number of pyridine rings is 2. The molecule has 6 aliphatic heterocycles. The molecule has 1 aliphatic carbocycles. The second-order valence-electron chi connectivity index (χ2n) is 31.0. The van der Waals surface area contributed by atoms with Crippen LogP contribution in [0.15, 0.2) is 333 Å². The number of para-hydroxylation sites is 2. The van der Waals surface area contributed by atoms with Crippen molar-refractivity contribution in [2.24, 2.45) is 14.1 Å². The van der Waals surface area contributed by atoms with E-state index in [4.69, 9.17) is 14.2 Å². The molecule has 704 valence electrons. The lowest BCUT2D eigenvalue weighted by molar-refractivity contribution is -0.115. The van der Waals surface area contributed by atoms with Gasteiger partial charge in [-0.1, -0.05) is 121 Å².